The first-order valence-electron chi connectivity index (χ1n) is 6.84. The molecular formula is C14H21NOS2. The third kappa shape index (κ3) is 2.77. The molecule has 0 amide bonds. The van der Waals surface area contributed by atoms with Gasteiger partial charge in [-0.3, -0.25) is 0 Å². The summed E-state index contributed by atoms with van der Waals surface area (Å²) in [4.78, 5) is 0. The summed E-state index contributed by atoms with van der Waals surface area (Å²) >= 11 is 3.93. The van der Waals surface area contributed by atoms with E-state index in [1.165, 1.54) is 16.2 Å². The number of hydrogen-bond acceptors (Lipinski definition) is 4. The number of nitrogens with one attached hydrogen (secondary N) is 1. The van der Waals surface area contributed by atoms with Crippen molar-refractivity contribution < 1.29 is 4.74 Å². The van der Waals surface area contributed by atoms with E-state index in [0.29, 0.717) is 18.2 Å². The molecule has 3 rings (SSSR count). The van der Waals surface area contributed by atoms with Gasteiger partial charge in [-0.15, -0.1) is 23.1 Å². The van der Waals surface area contributed by atoms with Crippen molar-refractivity contribution >= 4 is 23.1 Å². The predicted molar refractivity (Wildman–Crippen MR) is 78.6 cm³/mol. The second kappa shape index (κ2) is 5.53. The van der Waals surface area contributed by atoms with Crippen molar-refractivity contribution in [2.24, 2.45) is 0 Å². The monoisotopic (exact) mass is 283 g/mol. The van der Waals surface area contributed by atoms with Crippen LogP contribution in [-0.2, 0) is 4.74 Å². The lowest BCUT2D eigenvalue weighted by Crippen LogP contribution is -2.41. The predicted octanol–water partition coefficient (Wildman–Crippen LogP) is 3.83. The quantitative estimate of drug-likeness (QED) is 0.891. The van der Waals surface area contributed by atoms with Gasteiger partial charge in [-0.1, -0.05) is 6.92 Å². The van der Waals surface area contributed by atoms with Gasteiger partial charge in [-0.2, -0.15) is 0 Å². The maximum absolute atomic E-state index is 5.63. The Morgan fingerprint density at radius 3 is 3.06 bits per heavy atom. The van der Waals surface area contributed by atoms with E-state index >= 15 is 0 Å². The van der Waals surface area contributed by atoms with Crippen LogP contribution in [0.4, 0.5) is 0 Å². The average molecular weight is 283 g/mol. The Morgan fingerprint density at radius 2 is 2.22 bits per heavy atom. The normalized spacial score (nSPS) is 36.3. The van der Waals surface area contributed by atoms with Gasteiger partial charge in [0.25, 0.3) is 0 Å². The lowest BCUT2D eigenvalue weighted by atomic mass is 9.99. The van der Waals surface area contributed by atoms with E-state index in [4.69, 9.17) is 4.74 Å². The number of thioether (sulfide) groups is 1. The fourth-order valence-electron chi connectivity index (χ4n) is 2.94. The van der Waals surface area contributed by atoms with Gasteiger partial charge in [-0.05, 0) is 43.2 Å². The minimum absolute atomic E-state index is 0.411. The highest BCUT2D eigenvalue weighted by molar-refractivity contribution is 8.01. The molecule has 0 bridgehead atoms. The van der Waals surface area contributed by atoms with Crippen molar-refractivity contribution in [1.82, 2.24) is 5.32 Å². The Kier molecular flexibility index (Phi) is 3.99. The summed E-state index contributed by atoms with van der Waals surface area (Å²) in [6.45, 7) is 5.43. The Bertz CT molecular complexity index is 406. The number of fused-ring (bicyclic) bond motifs is 1. The first-order valence-corrected chi connectivity index (χ1v) is 8.60. The highest BCUT2D eigenvalue weighted by atomic mass is 32.2. The fourth-order valence-corrected chi connectivity index (χ4v) is 5.51. The zero-order valence-electron chi connectivity index (χ0n) is 11.0. The molecule has 2 aliphatic rings. The third-order valence-electron chi connectivity index (χ3n) is 3.83. The summed E-state index contributed by atoms with van der Waals surface area (Å²) in [5, 5.41) is 6.84. The van der Waals surface area contributed by atoms with Crippen molar-refractivity contribution in [3.8, 4) is 0 Å². The van der Waals surface area contributed by atoms with Crippen LogP contribution in [0, 0.1) is 0 Å². The molecule has 0 aromatic carbocycles. The van der Waals surface area contributed by atoms with Gasteiger partial charge in [0, 0.05) is 23.9 Å². The summed E-state index contributed by atoms with van der Waals surface area (Å²) in [6, 6.07) is 3.49. The Balaban J connectivity index is 1.69. The third-order valence-corrected chi connectivity index (χ3v) is 6.18. The number of ether oxygens (including phenoxy) is 1. The Morgan fingerprint density at radius 1 is 1.33 bits per heavy atom. The van der Waals surface area contributed by atoms with Gasteiger partial charge in [0.1, 0.15) is 0 Å². The topological polar surface area (TPSA) is 21.3 Å². The molecule has 1 saturated heterocycles. The number of thiophene rings is 1. The van der Waals surface area contributed by atoms with Crippen molar-refractivity contribution in [3.63, 3.8) is 0 Å². The van der Waals surface area contributed by atoms with Crippen LogP contribution >= 0.6 is 23.1 Å². The molecule has 1 aromatic rings. The van der Waals surface area contributed by atoms with E-state index in [1.54, 1.807) is 0 Å². The molecule has 0 aliphatic carbocycles. The van der Waals surface area contributed by atoms with Crippen LogP contribution < -0.4 is 5.32 Å². The van der Waals surface area contributed by atoms with E-state index in [0.717, 1.165) is 24.7 Å². The molecule has 0 spiro atoms. The molecule has 100 valence electrons. The van der Waals surface area contributed by atoms with E-state index < -0.39 is 0 Å². The Labute approximate surface area is 117 Å². The van der Waals surface area contributed by atoms with Crippen LogP contribution in [0.3, 0.4) is 0 Å². The summed E-state index contributed by atoms with van der Waals surface area (Å²) in [6.07, 6.45) is 3.97. The van der Waals surface area contributed by atoms with Crippen LogP contribution in [0.25, 0.3) is 0 Å². The zero-order chi connectivity index (χ0) is 12.5. The number of hydrogen-bond donors (Lipinski definition) is 1. The summed E-state index contributed by atoms with van der Waals surface area (Å²) in [5.41, 5.74) is 1.53. The summed E-state index contributed by atoms with van der Waals surface area (Å²) in [5.74, 6) is 0. The van der Waals surface area contributed by atoms with Gasteiger partial charge in [0.05, 0.1) is 10.3 Å². The number of rotatable bonds is 2. The Hall–Kier alpha value is -0.0300. The molecule has 3 unspecified atom stereocenters. The summed E-state index contributed by atoms with van der Waals surface area (Å²) < 4.78 is 7.15. The van der Waals surface area contributed by atoms with Crippen LogP contribution in [0.2, 0.25) is 0 Å². The van der Waals surface area contributed by atoms with E-state index in [-0.39, 0.29) is 0 Å². The molecule has 1 fully saturated rings. The van der Waals surface area contributed by atoms with Gasteiger partial charge in [0.15, 0.2) is 0 Å². The lowest BCUT2D eigenvalue weighted by Gasteiger charge is -2.34. The maximum Gasteiger partial charge on any atom is 0.0649 e. The van der Waals surface area contributed by atoms with Crippen molar-refractivity contribution in [1.29, 1.82) is 0 Å². The second-order valence-electron chi connectivity index (χ2n) is 5.45. The molecule has 0 saturated carbocycles. The highest BCUT2D eigenvalue weighted by Crippen LogP contribution is 2.44. The van der Waals surface area contributed by atoms with Gasteiger partial charge in [-0.25, -0.2) is 0 Å². The van der Waals surface area contributed by atoms with Crippen molar-refractivity contribution in [2.75, 3.05) is 6.61 Å². The van der Waals surface area contributed by atoms with Gasteiger partial charge >= 0.3 is 0 Å². The van der Waals surface area contributed by atoms with E-state index in [9.17, 15) is 0 Å². The van der Waals surface area contributed by atoms with E-state index in [1.807, 2.05) is 23.1 Å². The SMILES string of the molecule is CC1CC(NC2C[C@H](C)Sc3sccc32)CCO1. The molecule has 2 nitrogen and oxygen atoms in total. The molecule has 4 heteroatoms. The van der Waals surface area contributed by atoms with Crippen LogP contribution in [0.1, 0.15) is 44.7 Å². The van der Waals surface area contributed by atoms with E-state index in [2.05, 4.69) is 30.6 Å². The standard InChI is InChI=1S/C14H21NOS2/c1-9-7-11(3-5-16-9)15-13-8-10(2)18-14-12(13)4-6-17-14/h4,6,9-11,13,15H,3,5,7-8H2,1-2H3/t9?,10-,11?,13?/m0/s1. The van der Waals surface area contributed by atoms with Gasteiger partial charge < -0.3 is 10.1 Å². The van der Waals surface area contributed by atoms with Crippen molar-refractivity contribution in [3.05, 3.63) is 17.0 Å². The van der Waals surface area contributed by atoms with Crippen LogP contribution in [0.5, 0.6) is 0 Å². The molecule has 18 heavy (non-hydrogen) atoms. The first-order chi connectivity index (χ1) is 8.72. The lowest BCUT2D eigenvalue weighted by molar-refractivity contribution is 0.0109. The molecule has 4 atom stereocenters. The minimum atomic E-state index is 0.411. The summed E-state index contributed by atoms with van der Waals surface area (Å²) in [7, 11) is 0. The molecule has 2 aliphatic heterocycles. The van der Waals surface area contributed by atoms with Gasteiger partial charge in [0.2, 0.25) is 0 Å². The molecule has 1 N–H and O–H groups in total. The van der Waals surface area contributed by atoms with Crippen LogP contribution in [0.15, 0.2) is 15.7 Å². The van der Waals surface area contributed by atoms with Crippen molar-refractivity contribution in [2.45, 2.75) is 60.8 Å². The van der Waals surface area contributed by atoms with Crippen LogP contribution in [-0.4, -0.2) is 24.0 Å². The fraction of sp³-hybridized carbons (Fsp3) is 0.714. The smallest absolute Gasteiger partial charge is 0.0649 e. The molecular weight excluding hydrogens is 262 g/mol. The molecule has 3 heterocycles. The molecule has 1 aromatic heterocycles. The average Bonchev–Trinajstić information content (AvgIpc) is 2.77. The second-order valence-corrected chi connectivity index (χ2v) is 8.07. The molecule has 0 radical (unpaired) electrons. The zero-order valence-corrected chi connectivity index (χ0v) is 12.7. The first kappa shape index (κ1) is 13.0. The maximum atomic E-state index is 5.63. The minimum Gasteiger partial charge on any atom is -0.378 e. The highest BCUT2D eigenvalue weighted by Gasteiger charge is 2.29. The largest absolute Gasteiger partial charge is 0.378 e.